The van der Waals surface area contributed by atoms with Crippen LogP contribution in [-0.2, 0) is 11.3 Å². The van der Waals surface area contributed by atoms with E-state index in [1.165, 1.54) is 6.92 Å². The molecule has 5 atom stereocenters. The molecule has 0 spiro atoms. The van der Waals surface area contributed by atoms with Gasteiger partial charge in [0.05, 0.1) is 0 Å². The fourth-order valence-electron chi connectivity index (χ4n) is 8.57. The van der Waals surface area contributed by atoms with Crippen molar-refractivity contribution in [3.8, 4) is 0 Å². The number of alkyl halides is 5. The van der Waals surface area contributed by atoms with Gasteiger partial charge in [-0.05, 0) is 96.9 Å². The summed E-state index contributed by atoms with van der Waals surface area (Å²) in [6, 6.07) is 14.3. The Morgan fingerprint density at radius 3 is 2.45 bits per heavy atom. The molecule has 0 radical (unpaired) electrons. The van der Waals surface area contributed by atoms with Crippen molar-refractivity contribution >= 4 is 17.4 Å². The van der Waals surface area contributed by atoms with Crippen molar-refractivity contribution in [1.82, 2.24) is 0 Å². The van der Waals surface area contributed by atoms with Gasteiger partial charge in [0, 0.05) is 35.5 Å². The van der Waals surface area contributed by atoms with Crippen molar-refractivity contribution in [3.05, 3.63) is 88.0 Å². The van der Waals surface area contributed by atoms with E-state index in [0.717, 1.165) is 27.8 Å². The lowest BCUT2D eigenvalue weighted by molar-refractivity contribution is -0.362. The van der Waals surface area contributed by atoms with Gasteiger partial charge in [-0.25, -0.2) is 0 Å². The average molecular weight is 615 g/mol. The van der Waals surface area contributed by atoms with Crippen LogP contribution < -0.4 is 11.1 Å². The lowest BCUT2D eigenvalue weighted by Gasteiger charge is -2.56. The third-order valence-corrected chi connectivity index (χ3v) is 10.8. The van der Waals surface area contributed by atoms with E-state index in [4.69, 9.17) is 5.73 Å². The maximum Gasteiger partial charge on any atom is 0.456 e. The number of anilines is 1. The Labute approximate surface area is 252 Å². The molecule has 0 heterocycles. The predicted molar refractivity (Wildman–Crippen MR) is 155 cm³/mol. The number of rotatable bonds is 6. The maximum absolute atomic E-state index is 15.2. The molecule has 0 aromatic heterocycles. The summed E-state index contributed by atoms with van der Waals surface area (Å²) >= 11 is 0. The molecule has 0 unspecified atom stereocenters. The SMILES string of the molecule is C[C@]12C[C@H](c3ccc(CNc4cccc(C(N)=O)c4)cc3)C3=C4CCC(=O)C=C4CC[C@H]3[C@@H]1CC[C@@]2(O)C(F)(F)C(F)(F)F. The molecule has 44 heavy (non-hydrogen) atoms. The number of carbonyl (C=O) groups excluding carboxylic acids is 2. The molecular formula is C34H35F5N2O3. The second-order valence-electron chi connectivity index (χ2n) is 13.0. The summed E-state index contributed by atoms with van der Waals surface area (Å²) in [6.45, 7) is 1.84. The van der Waals surface area contributed by atoms with Gasteiger partial charge in [-0.3, -0.25) is 9.59 Å². The number of nitrogens with one attached hydrogen (secondary N) is 1. The van der Waals surface area contributed by atoms with Crippen LogP contribution in [0.25, 0.3) is 0 Å². The molecule has 1 amide bonds. The van der Waals surface area contributed by atoms with E-state index < -0.39 is 47.3 Å². The van der Waals surface area contributed by atoms with Crippen LogP contribution in [0.2, 0.25) is 0 Å². The summed E-state index contributed by atoms with van der Waals surface area (Å²) in [7, 11) is 0. The Bertz CT molecular complexity index is 1560. The summed E-state index contributed by atoms with van der Waals surface area (Å²) in [5.41, 5.74) is 6.18. The third kappa shape index (κ3) is 4.68. The van der Waals surface area contributed by atoms with Crippen molar-refractivity contribution in [2.75, 3.05) is 5.32 Å². The van der Waals surface area contributed by atoms with Gasteiger partial charge in [0.25, 0.3) is 0 Å². The number of hydrogen-bond acceptors (Lipinski definition) is 4. The topological polar surface area (TPSA) is 92.4 Å². The normalized spacial score (nSPS) is 30.3. The van der Waals surface area contributed by atoms with Crippen molar-refractivity contribution in [2.24, 2.45) is 23.0 Å². The minimum absolute atomic E-state index is 0.0401. The van der Waals surface area contributed by atoms with Gasteiger partial charge in [-0.15, -0.1) is 0 Å². The number of carbonyl (C=O) groups is 2. The first-order valence-electron chi connectivity index (χ1n) is 15.0. The molecule has 6 rings (SSSR count). The second kappa shape index (κ2) is 10.5. The maximum atomic E-state index is 15.2. The van der Waals surface area contributed by atoms with E-state index in [2.05, 4.69) is 5.32 Å². The molecule has 10 heteroatoms. The van der Waals surface area contributed by atoms with Gasteiger partial charge in [-0.2, -0.15) is 22.0 Å². The molecule has 4 aliphatic carbocycles. The van der Waals surface area contributed by atoms with Gasteiger partial charge >= 0.3 is 12.1 Å². The first-order valence-corrected chi connectivity index (χ1v) is 15.0. The van der Waals surface area contributed by atoms with E-state index in [-0.39, 0.29) is 24.5 Å². The lowest BCUT2D eigenvalue weighted by Crippen LogP contribution is -2.65. The minimum Gasteiger partial charge on any atom is -0.383 e. The largest absolute Gasteiger partial charge is 0.456 e. The highest BCUT2D eigenvalue weighted by Gasteiger charge is 2.79. The highest BCUT2D eigenvalue weighted by molar-refractivity contribution is 5.94. The summed E-state index contributed by atoms with van der Waals surface area (Å²) in [4.78, 5) is 23.8. The van der Waals surface area contributed by atoms with Crippen molar-refractivity contribution < 1.29 is 36.6 Å². The number of nitrogens with two attached hydrogens (primary N) is 1. The fraction of sp³-hybridized carbons (Fsp3) is 0.471. The molecular weight excluding hydrogens is 579 g/mol. The minimum atomic E-state index is -5.88. The number of primary amides is 1. The van der Waals surface area contributed by atoms with Crippen LogP contribution >= 0.6 is 0 Å². The Kier molecular flexibility index (Phi) is 7.30. The summed E-state index contributed by atoms with van der Waals surface area (Å²) in [6.07, 6.45) is -2.88. The lowest BCUT2D eigenvalue weighted by atomic mass is 9.50. The zero-order valence-electron chi connectivity index (χ0n) is 24.3. The van der Waals surface area contributed by atoms with Crippen molar-refractivity contribution in [2.45, 2.75) is 82.0 Å². The van der Waals surface area contributed by atoms with Crippen molar-refractivity contribution in [1.29, 1.82) is 0 Å². The quantitative estimate of drug-likeness (QED) is 0.300. The smallest absolute Gasteiger partial charge is 0.383 e. The molecule has 2 aromatic carbocycles. The molecule has 5 nitrogen and oxygen atoms in total. The molecule has 0 aliphatic heterocycles. The highest BCUT2D eigenvalue weighted by atomic mass is 19.4. The Morgan fingerprint density at radius 2 is 1.77 bits per heavy atom. The number of aliphatic hydroxyl groups is 1. The third-order valence-electron chi connectivity index (χ3n) is 10.8. The van der Waals surface area contributed by atoms with Crippen LogP contribution in [0.3, 0.4) is 0 Å². The van der Waals surface area contributed by atoms with Gasteiger partial charge in [0.1, 0.15) is 5.60 Å². The number of allylic oxidation sites excluding steroid dienone is 4. The fourth-order valence-corrected chi connectivity index (χ4v) is 8.57. The van der Waals surface area contributed by atoms with E-state index in [9.17, 15) is 27.9 Å². The van der Waals surface area contributed by atoms with Crippen LogP contribution in [0, 0.1) is 17.3 Å². The molecule has 234 valence electrons. The molecule has 0 bridgehead atoms. The van der Waals surface area contributed by atoms with Crippen molar-refractivity contribution in [3.63, 3.8) is 0 Å². The van der Waals surface area contributed by atoms with Crippen LogP contribution in [0.1, 0.15) is 79.3 Å². The first-order chi connectivity index (χ1) is 20.7. The number of hydrogen-bond donors (Lipinski definition) is 3. The molecule has 2 saturated carbocycles. The number of ketones is 1. The van der Waals surface area contributed by atoms with Crippen LogP contribution in [0.5, 0.6) is 0 Å². The van der Waals surface area contributed by atoms with Gasteiger partial charge < -0.3 is 16.2 Å². The Balaban J connectivity index is 1.37. The highest BCUT2D eigenvalue weighted by Crippen LogP contribution is 2.70. The Morgan fingerprint density at radius 1 is 1.05 bits per heavy atom. The van der Waals surface area contributed by atoms with Crippen LogP contribution in [0.15, 0.2) is 71.3 Å². The zero-order valence-corrected chi connectivity index (χ0v) is 24.3. The molecule has 4 aliphatic rings. The molecule has 0 saturated heterocycles. The van der Waals surface area contributed by atoms with E-state index >= 15 is 8.78 Å². The first kappa shape index (κ1) is 30.5. The monoisotopic (exact) mass is 614 g/mol. The van der Waals surface area contributed by atoms with Gasteiger partial charge in [0.15, 0.2) is 5.78 Å². The summed E-state index contributed by atoms with van der Waals surface area (Å²) in [5, 5.41) is 14.7. The van der Waals surface area contributed by atoms with Crippen LogP contribution in [0.4, 0.5) is 27.6 Å². The second-order valence-corrected chi connectivity index (χ2v) is 13.0. The van der Waals surface area contributed by atoms with E-state index in [1.807, 2.05) is 24.3 Å². The number of halogens is 5. The summed E-state index contributed by atoms with van der Waals surface area (Å²) < 4.78 is 71.7. The molecule has 4 N–H and O–H groups in total. The molecule has 2 fully saturated rings. The number of benzene rings is 2. The van der Waals surface area contributed by atoms with E-state index in [1.54, 1.807) is 30.3 Å². The standard InChI is InChI=1S/C34H35F5N2O3/c1-31-17-27(20-7-5-19(6-8-20)18-41-23-4-2-3-22(15-23)30(40)43)29-25-12-10-24(42)16-21(25)9-11-26(29)28(31)13-14-32(31,44)33(35,36)34(37,38)39/h2-8,15-16,26-28,41,44H,9-14,17-18H2,1H3,(H2,40,43)/t26-,27+,28-,31-,32-/m0/s1. The van der Waals surface area contributed by atoms with E-state index in [0.29, 0.717) is 43.5 Å². The number of amides is 1. The average Bonchev–Trinajstić information content (AvgIpc) is 3.26. The van der Waals surface area contributed by atoms with Crippen LogP contribution in [-0.4, -0.2) is 34.5 Å². The molecule has 2 aromatic rings. The summed E-state index contributed by atoms with van der Waals surface area (Å²) in [5.74, 6) is -7.07. The Hall–Kier alpha value is -3.53. The predicted octanol–water partition coefficient (Wildman–Crippen LogP) is 7.23. The van der Waals surface area contributed by atoms with Gasteiger partial charge in [0.2, 0.25) is 5.91 Å². The van der Waals surface area contributed by atoms with Gasteiger partial charge in [-0.1, -0.05) is 42.8 Å². The zero-order chi connectivity index (χ0) is 31.7. The number of fused-ring (bicyclic) bond motifs is 4.